The van der Waals surface area contributed by atoms with Gasteiger partial charge in [-0.05, 0) is 43.5 Å². The molecule has 6 nitrogen and oxygen atoms in total. The van der Waals surface area contributed by atoms with E-state index in [0.717, 1.165) is 23.6 Å². The maximum Gasteiger partial charge on any atom is 0.229 e. The molecule has 0 spiro atoms. The van der Waals surface area contributed by atoms with Gasteiger partial charge in [-0.1, -0.05) is 41.7 Å². The maximum atomic E-state index is 14.0. The van der Waals surface area contributed by atoms with Crippen molar-refractivity contribution in [3.8, 4) is 5.75 Å². The van der Waals surface area contributed by atoms with E-state index in [-0.39, 0.29) is 17.6 Å². The van der Waals surface area contributed by atoms with Crippen LogP contribution in [0.15, 0.2) is 54.6 Å². The van der Waals surface area contributed by atoms with Gasteiger partial charge < -0.3 is 15.0 Å². The van der Waals surface area contributed by atoms with Gasteiger partial charge in [0.2, 0.25) is 11.0 Å². The Morgan fingerprint density at radius 2 is 1.84 bits per heavy atom. The minimum atomic E-state index is -0.221. The van der Waals surface area contributed by atoms with Crippen LogP contribution >= 0.6 is 11.3 Å². The minimum absolute atomic E-state index is 0.0386. The summed E-state index contributed by atoms with van der Waals surface area (Å²) < 4.78 is 19.7. The number of nitrogens with one attached hydrogen (secondary N) is 1. The highest BCUT2D eigenvalue weighted by Crippen LogP contribution is 2.27. The Morgan fingerprint density at radius 3 is 2.61 bits per heavy atom. The highest BCUT2D eigenvalue weighted by molar-refractivity contribution is 7.15. The van der Waals surface area contributed by atoms with Gasteiger partial charge in [-0.3, -0.25) is 4.79 Å². The van der Waals surface area contributed by atoms with E-state index in [1.807, 2.05) is 41.3 Å². The molecular formula is C23H25FN4O2S. The molecule has 162 valence electrons. The molecule has 2 heterocycles. The van der Waals surface area contributed by atoms with Gasteiger partial charge in [-0.25, -0.2) is 4.39 Å². The zero-order chi connectivity index (χ0) is 21.5. The first kappa shape index (κ1) is 21.2. The van der Waals surface area contributed by atoms with Crippen molar-refractivity contribution in [2.45, 2.75) is 25.7 Å². The second kappa shape index (κ2) is 10.3. The normalized spacial score (nSPS) is 14.4. The fraction of sp³-hybridized carbons (Fsp3) is 0.348. The van der Waals surface area contributed by atoms with Crippen LogP contribution in [0.25, 0.3) is 0 Å². The lowest BCUT2D eigenvalue weighted by Gasteiger charge is -2.33. The smallest absolute Gasteiger partial charge is 0.229 e. The van der Waals surface area contributed by atoms with Crippen molar-refractivity contribution < 1.29 is 13.9 Å². The van der Waals surface area contributed by atoms with Gasteiger partial charge in [0.05, 0.1) is 12.3 Å². The van der Waals surface area contributed by atoms with Crippen LogP contribution in [-0.2, 0) is 11.2 Å². The lowest BCUT2D eigenvalue weighted by molar-refractivity contribution is -0.120. The van der Waals surface area contributed by atoms with E-state index < -0.39 is 0 Å². The number of amides is 1. The molecule has 3 aromatic rings. The first-order valence-electron chi connectivity index (χ1n) is 10.5. The molecule has 1 saturated heterocycles. The molecule has 0 saturated carbocycles. The summed E-state index contributed by atoms with van der Waals surface area (Å²) in [6.45, 7) is 1.91. The molecule has 1 fully saturated rings. The number of anilines is 2. The van der Waals surface area contributed by atoms with Crippen LogP contribution in [0.2, 0.25) is 0 Å². The molecule has 0 aliphatic carbocycles. The Bertz CT molecular complexity index is 990. The molecule has 4 rings (SSSR count). The lowest BCUT2D eigenvalue weighted by atomic mass is 9.95. The van der Waals surface area contributed by atoms with E-state index >= 15 is 0 Å². The average molecular weight is 441 g/mol. The number of halogens is 1. The standard InChI is InChI=1S/C23H25FN4O2S/c24-19-9-4-5-10-20(19)28-14-12-17(13-15-28)22(29)25-23-27-26-21(31-23)11-6-16-30-18-7-2-1-3-8-18/h1-5,7-10,17H,6,11-16H2,(H,25,27,29). The topological polar surface area (TPSA) is 67.3 Å². The number of hydrogen-bond acceptors (Lipinski definition) is 6. The third kappa shape index (κ3) is 5.79. The number of ether oxygens (including phenoxy) is 1. The van der Waals surface area contributed by atoms with Gasteiger partial charge in [0, 0.05) is 25.4 Å². The Balaban J connectivity index is 1.20. The van der Waals surface area contributed by atoms with E-state index in [0.29, 0.717) is 43.4 Å². The largest absolute Gasteiger partial charge is 0.494 e. The van der Waals surface area contributed by atoms with Gasteiger partial charge >= 0.3 is 0 Å². The number of nitrogens with zero attached hydrogens (tertiary/aromatic N) is 3. The van der Waals surface area contributed by atoms with Crippen molar-refractivity contribution in [2.24, 2.45) is 5.92 Å². The fourth-order valence-corrected chi connectivity index (χ4v) is 4.42. The number of benzene rings is 2. The van der Waals surface area contributed by atoms with Crippen LogP contribution in [0.3, 0.4) is 0 Å². The number of piperidine rings is 1. The van der Waals surface area contributed by atoms with Crippen LogP contribution in [0, 0.1) is 11.7 Å². The molecule has 0 unspecified atom stereocenters. The second-order valence-corrected chi connectivity index (χ2v) is 8.53. The molecule has 1 aliphatic rings. The predicted octanol–water partition coefficient (Wildman–Crippen LogP) is 4.54. The number of carbonyl (C=O) groups excluding carboxylic acids is 1. The summed E-state index contributed by atoms with van der Waals surface area (Å²) in [6, 6.07) is 16.5. The van der Waals surface area contributed by atoms with Crippen LogP contribution in [0.1, 0.15) is 24.3 Å². The molecule has 1 aromatic heterocycles. The molecule has 8 heteroatoms. The quantitative estimate of drug-likeness (QED) is 0.521. The van der Waals surface area contributed by atoms with Gasteiger partial charge in [-0.15, -0.1) is 10.2 Å². The highest BCUT2D eigenvalue weighted by atomic mass is 32.1. The monoisotopic (exact) mass is 440 g/mol. The van der Waals surface area contributed by atoms with Crippen LogP contribution in [0.5, 0.6) is 5.75 Å². The SMILES string of the molecule is O=C(Nc1nnc(CCCOc2ccccc2)s1)C1CCN(c2ccccc2F)CC1. The van der Waals surface area contributed by atoms with E-state index in [1.54, 1.807) is 12.1 Å². The van der Waals surface area contributed by atoms with Crippen molar-refractivity contribution in [1.82, 2.24) is 10.2 Å². The Hall–Kier alpha value is -3.00. The van der Waals surface area contributed by atoms with E-state index in [9.17, 15) is 9.18 Å². The molecule has 1 amide bonds. The van der Waals surface area contributed by atoms with Crippen molar-refractivity contribution in [1.29, 1.82) is 0 Å². The van der Waals surface area contributed by atoms with Gasteiger partial charge in [0.25, 0.3) is 0 Å². The number of carbonyl (C=O) groups is 1. The summed E-state index contributed by atoms with van der Waals surface area (Å²) >= 11 is 1.40. The number of aromatic nitrogens is 2. The molecular weight excluding hydrogens is 415 g/mol. The fourth-order valence-electron chi connectivity index (χ4n) is 3.63. The van der Waals surface area contributed by atoms with E-state index in [4.69, 9.17) is 4.74 Å². The summed E-state index contributed by atoms with van der Waals surface area (Å²) in [7, 11) is 0. The van der Waals surface area contributed by atoms with E-state index in [2.05, 4.69) is 15.5 Å². The summed E-state index contributed by atoms with van der Waals surface area (Å²) in [5.41, 5.74) is 0.603. The summed E-state index contributed by atoms with van der Waals surface area (Å²) in [5.74, 6) is 0.493. The summed E-state index contributed by atoms with van der Waals surface area (Å²) in [6.07, 6.45) is 2.94. The molecule has 31 heavy (non-hydrogen) atoms. The van der Waals surface area contributed by atoms with Crippen LogP contribution < -0.4 is 15.0 Å². The van der Waals surface area contributed by atoms with Crippen LogP contribution in [0.4, 0.5) is 15.2 Å². The van der Waals surface area contributed by atoms with Crippen LogP contribution in [-0.4, -0.2) is 35.8 Å². The first-order valence-corrected chi connectivity index (χ1v) is 11.3. The van der Waals surface area contributed by atoms with Crippen molar-refractivity contribution >= 4 is 28.1 Å². The minimum Gasteiger partial charge on any atom is -0.494 e. The van der Waals surface area contributed by atoms with Crippen molar-refractivity contribution in [3.05, 3.63) is 65.4 Å². The first-order chi connectivity index (χ1) is 15.2. The Kier molecular flexibility index (Phi) is 7.09. The lowest BCUT2D eigenvalue weighted by Crippen LogP contribution is -2.38. The third-order valence-corrected chi connectivity index (χ3v) is 6.20. The second-order valence-electron chi connectivity index (χ2n) is 7.47. The summed E-state index contributed by atoms with van der Waals surface area (Å²) in [5, 5.41) is 12.6. The molecule has 0 radical (unpaired) electrons. The molecule has 2 aromatic carbocycles. The van der Waals surface area contributed by atoms with Gasteiger partial charge in [0.15, 0.2) is 0 Å². The number of aryl methyl sites for hydroxylation is 1. The van der Waals surface area contributed by atoms with Crippen molar-refractivity contribution in [2.75, 3.05) is 29.9 Å². The highest BCUT2D eigenvalue weighted by Gasteiger charge is 2.26. The van der Waals surface area contributed by atoms with Crippen molar-refractivity contribution in [3.63, 3.8) is 0 Å². The number of hydrogen-bond donors (Lipinski definition) is 1. The average Bonchev–Trinajstić information content (AvgIpc) is 3.25. The molecule has 0 bridgehead atoms. The number of para-hydroxylation sites is 2. The van der Waals surface area contributed by atoms with Gasteiger partial charge in [0.1, 0.15) is 16.6 Å². The third-order valence-electron chi connectivity index (χ3n) is 5.30. The predicted molar refractivity (Wildman–Crippen MR) is 120 cm³/mol. The maximum absolute atomic E-state index is 14.0. The molecule has 1 aliphatic heterocycles. The number of rotatable bonds is 8. The molecule has 1 N–H and O–H groups in total. The molecule has 0 atom stereocenters. The zero-order valence-corrected chi connectivity index (χ0v) is 18.0. The zero-order valence-electron chi connectivity index (χ0n) is 17.2. The Morgan fingerprint density at radius 1 is 1.10 bits per heavy atom. The van der Waals surface area contributed by atoms with Gasteiger partial charge in [-0.2, -0.15) is 0 Å². The Labute approximate surface area is 185 Å². The van der Waals surface area contributed by atoms with E-state index in [1.165, 1.54) is 17.4 Å². The summed E-state index contributed by atoms with van der Waals surface area (Å²) in [4.78, 5) is 14.6.